The predicted octanol–water partition coefficient (Wildman–Crippen LogP) is 7.64. The minimum atomic E-state index is -1.76. The second kappa shape index (κ2) is 32.0. The van der Waals surface area contributed by atoms with Gasteiger partial charge in [-0.25, -0.2) is 8.78 Å². The Hall–Kier alpha value is 1.11. The maximum Gasteiger partial charge on any atom is 1.00 e. The number of rotatable bonds is 3. The molecule has 8 nitrogen and oxygen atoms in total. The molecule has 7 rings (SSSR count). The number of carbonyl (C=O) groups is 1. The minimum absolute atomic E-state index is 0. The molecular weight excluding hydrogens is 1310 g/mol. The molecule has 0 aliphatic heterocycles. The second-order valence-corrected chi connectivity index (χ2v) is 17.3. The van der Waals surface area contributed by atoms with E-state index in [1.54, 1.807) is 24.3 Å². The number of hydrogen-bond acceptors (Lipinski definition) is 8. The van der Waals surface area contributed by atoms with Crippen molar-refractivity contribution in [3.63, 3.8) is 0 Å². The molecule has 1 heterocycles. The van der Waals surface area contributed by atoms with Gasteiger partial charge in [0.05, 0.1) is 27.2 Å². The van der Waals surface area contributed by atoms with Crippen molar-refractivity contribution in [2.24, 2.45) is 0 Å². The standard InChI is InChI=1S/C12H6BrCl2FO.C12H5BrCl2O.C6H5BBrFO2.C6H3Cl2IO.CH3F.CH2O3.2K.H/c13-6-1-2-11(16)8(3-6)9-4-7(14)5-10(15)12(9)17;13-6-1-2-11-8(3-6)9-4-7(14)5-10(15)12(9)16-11;8-4-1-2-6(9)5(3-4)7(10)11;7-3-1-4(8)6(10)5(9)2-3;1-2;2-1-4-3;;;/h1-5,17H;1-5H;1-3,10-11H;1-2,10H;1H3;1,3H;;;/q;;;;;;2*+1;-1/p-1/i;;;;1D;;;;. The van der Waals surface area contributed by atoms with Gasteiger partial charge in [0, 0.05) is 55.8 Å². The van der Waals surface area contributed by atoms with E-state index in [9.17, 15) is 18.3 Å². The molecule has 0 fully saturated rings. The normalized spacial score (nSPS) is 9.84. The summed E-state index contributed by atoms with van der Waals surface area (Å²) in [6, 6.07) is 23.8. The number of furan rings is 1. The average molecular weight is 1330 g/mol. The predicted molar refractivity (Wildman–Crippen MR) is 253 cm³/mol. The molecule has 0 unspecified atom stereocenters. The van der Waals surface area contributed by atoms with Crippen LogP contribution >= 0.6 is 140 Å². The topological polar surface area (TPSA) is 143 Å². The van der Waals surface area contributed by atoms with E-state index in [1.807, 2.05) is 46.9 Å². The number of phenols is 2. The fraction of sp³-hybridized carbons (Fsp3) is 0.0263. The summed E-state index contributed by atoms with van der Waals surface area (Å²) in [5, 5.41) is 49.0. The second-order valence-electron chi connectivity index (χ2n) is 10.9. The van der Waals surface area contributed by atoms with Crippen molar-refractivity contribution in [1.29, 1.82) is 0 Å². The van der Waals surface area contributed by atoms with Crippen LogP contribution in [-0.2, 0) is 9.68 Å². The molecule has 1 aromatic heterocycles. The SMILES string of the molecule is Clc1cc(Cl)c2oc3ccc(Br)cc3c2c1.O=CO[O-].OB(O)c1cc(Br)ccc1F.Oc1c(Cl)cc(Cl)cc1-c1cc(Br)ccc1F.Oc1c(Cl)cc(Cl)cc1I.[2H]CF.[H-].[K+].[K+]. The molecule has 0 aliphatic rings. The van der Waals surface area contributed by atoms with Gasteiger partial charge in [-0.3, -0.25) is 9.18 Å². The molecule has 0 saturated carbocycles. The van der Waals surface area contributed by atoms with Crippen molar-refractivity contribution in [3.05, 3.63) is 150 Å². The third-order valence-corrected chi connectivity index (χ3v) is 10.8. The maximum atomic E-state index is 13.7. The van der Waals surface area contributed by atoms with Crippen LogP contribution in [0.3, 0.4) is 0 Å². The molecule has 0 amide bonds. The van der Waals surface area contributed by atoms with Crippen LogP contribution in [0.15, 0.2) is 109 Å². The summed E-state index contributed by atoms with van der Waals surface area (Å²) in [5.74, 6) is -1.18. The van der Waals surface area contributed by atoms with Crippen molar-refractivity contribution < 1.29 is 158 Å². The van der Waals surface area contributed by atoms with Crippen molar-refractivity contribution in [2.75, 3.05) is 7.15 Å². The van der Waals surface area contributed by atoms with Gasteiger partial charge < -0.3 is 36.2 Å². The van der Waals surface area contributed by atoms with E-state index in [4.69, 9.17) is 101 Å². The van der Waals surface area contributed by atoms with Gasteiger partial charge in [-0.2, -0.15) is 0 Å². The summed E-state index contributed by atoms with van der Waals surface area (Å²) in [4.78, 5) is 11.2. The van der Waals surface area contributed by atoms with Crippen LogP contribution in [0.4, 0.5) is 13.2 Å². The van der Waals surface area contributed by atoms with Gasteiger partial charge in [0.25, 0.3) is 6.47 Å². The molecule has 0 bridgehead atoms. The minimum Gasteiger partial charge on any atom is -1.00 e. The fourth-order valence-electron chi connectivity index (χ4n) is 4.50. The Balaban J connectivity index is 0. The van der Waals surface area contributed by atoms with E-state index in [2.05, 4.69) is 52.7 Å². The fourth-order valence-corrected chi connectivity index (χ4v) is 8.09. The van der Waals surface area contributed by atoms with E-state index in [0.717, 1.165) is 20.8 Å². The zero-order chi connectivity index (χ0) is 46.1. The van der Waals surface area contributed by atoms with Crippen molar-refractivity contribution in [2.45, 2.75) is 0 Å². The van der Waals surface area contributed by atoms with E-state index < -0.39 is 25.9 Å². The molecule has 0 spiro atoms. The summed E-state index contributed by atoms with van der Waals surface area (Å²) in [6.07, 6.45) is 0. The summed E-state index contributed by atoms with van der Waals surface area (Å²) >= 11 is 46.6. The Labute approximate surface area is 510 Å². The van der Waals surface area contributed by atoms with Gasteiger partial charge in [0.2, 0.25) is 0 Å². The Morgan fingerprint density at radius 2 is 1.19 bits per heavy atom. The van der Waals surface area contributed by atoms with E-state index in [-0.39, 0.29) is 149 Å². The number of benzene rings is 6. The monoisotopic (exact) mass is 1330 g/mol. The van der Waals surface area contributed by atoms with Crippen LogP contribution in [0.5, 0.6) is 11.5 Å². The molecule has 24 heteroatoms. The van der Waals surface area contributed by atoms with Gasteiger partial charge in [-0.05, 0) is 114 Å². The Bertz CT molecular complexity index is 2580. The van der Waals surface area contributed by atoms with Crippen LogP contribution < -0.4 is 113 Å². The van der Waals surface area contributed by atoms with Crippen molar-refractivity contribution in [1.82, 2.24) is 0 Å². The first-order valence-electron chi connectivity index (χ1n) is 16.2. The average Bonchev–Trinajstić information content (AvgIpc) is 3.56. The van der Waals surface area contributed by atoms with Gasteiger partial charge in [0.15, 0.2) is 5.58 Å². The van der Waals surface area contributed by atoms with Crippen LogP contribution in [0, 0.1) is 15.2 Å². The zero-order valence-electron chi connectivity index (χ0n) is 33.4. The van der Waals surface area contributed by atoms with Gasteiger partial charge in [-0.15, -0.1) is 0 Å². The summed E-state index contributed by atoms with van der Waals surface area (Å²) in [7, 11) is -2.76. The largest absolute Gasteiger partial charge is 1.00 e. The molecule has 0 aliphatic carbocycles. The smallest absolute Gasteiger partial charge is 1.00 e. The Morgan fingerprint density at radius 3 is 1.73 bits per heavy atom. The number of alkyl halides is 1. The van der Waals surface area contributed by atoms with Gasteiger partial charge in [-0.1, -0.05) is 117 Å². The van der Waals surface area contributed by atoms with Crippen LogP contribution in [0.1, 0.15) is 2.80 Å². The summed E-state index contributed by atoms with van der Waals surface area (Å²) in [6.45, 7) is -0.181. The van der Waals surface area contributed by atoms with Crippen molar-refractivity contribution >= 4 is 181 Å². The zero-order valence-corrected chi connectivity index (χ0v) is 49.1. The first-order valence-corrected chi connectivity index (χ1v) is 21.2. The van der Waals surface area contributed by atoms with Crippen LogP contribution in [-0.4, -0.2) is 41.0 Å². The van der Waals surface area contributed by atoms with Gasteiger partial charge in [0.1, 0.15) is 28.7 Å². The molecule has 7 aromatic rings. The number of aromatic hydroxyl groups is 2. The summed E-state index contributed by atoms with van der Waals surface area (Å²) < 4.78 is 50.5. The van der Waals surface area contributed by atoms with E-state index in [1.165, 1.54) is 42.5 Å². The number of fused-ring (bicyclic) bond motifs is 3. The number of phenolic OH excluding ortho intramolecular Hbond substituents is 2. The summed E-state index contributed by atoms with van der Waals surface area (Å²) in [5.41, 5.74) is 1.86. The molecule has 0 saturated heterocycles. The first-order chi connectivity index (χ1) is 28.7. The molecule has 62 heavy (non-hydrogen) atoms. The third kappa shape index (κ3) is 20.0. The van der Waals surface area contributed by atoms with E-state index in [0.29, 0.717) is 38.2 Å². The van der Waals surface area contributed by atoms with Crippen molar-refractivity contribution in [3.8, 4) is 22.6 Å². The van der Waals surface area contributed by atoms with Crippen LogP contribution in [0.25, 0.3) is 33.1 Å². The third-order valence-electron chi connectivity index (χ3n) is 6.96. The molecule has 6 aromatic carbocycles. The first kappa shape index (κ1) is 61.1. The van der Waals surface area contributed by atoms with E-state index >= 15 is 0 Å². The molecule has 4 N–H and O–H groups in total. The quantitative estimate of drug-likeness (QED) is 0.0466. The Kier molecular flexibility index (Phi) is 31.6. The number of carbonyl (C=O) groups excluding carboxylic acids is 1. The number of hydrogen-bond donors (Lipinski definition) is 4. The Morgan fingerprint density at radius 1 is 0.726 bits per heavy atom. The molecule has 0 radical (unpaired) electrons. The molecule has 0 atom stereocenters. The molecule has 320 valence electrons. The number of halogens is 13. The molecular formula is C38H24BBr3Cl6F3IK2O8. The van der Waals surface area contributed by atoms with Gasteiger partial charge >= 0.3 is 110 Å². The maximum absolute atomic E-state index is 13.7. The van der Waals surface area contributed by atoms with Crippen LogP contribution in [0.2, 0.25) is 30.1 Å².